The van der Waals surface area contributed by atoms with E-state index in [1.54, 1.807) is 11.1 Å². The van der Waals surface area contributed by atoms with Crippen molar-refractivity contribution < 1.29 is 21.6 Å². The van der Waals surface area contributed by atoms with E-state index in [9.17, 15) is 21.6 Å². The summed E-state index contributed by atoms with van der Waals surface area (Å²) < 4.78 is 62.2. The molecule has 0 saturated carbocycles. The van der Waals surface area contributed by atoms with E-state index in [2.05, 4.69) is 9.97 Å². The van der Waals surface area contributed by atoms with Crippen LogP contribution in [-0.4, -0.2) is 30.4 Å². The Morgan fingerprint density at radius 3 is 2.65 bits per heavy atom. The Bertz CT molecular complexity index is 837. The Balaban J connectivity index is 2.03. The predicted molar refractivity (Wildman–Crippen MR) is 76.5 cm³/mol. The summed E-state index contributed by atoms with van der Waals surface area (Å²) in [5, 5.41) is 0. The standard InChI is InChI=1S/C14H12F3N3O2S/c15-14(16,17)23(21,22)13-4-2-1-3-12(13)20-6-5-10-7-18-9-19-11(10)8-20/h1-4,7,9H,5-6,8H2. The second kappa shape index (κ2) is 5.48. The molecule has 0 spiro atoms. The van der Waals surface area contributed by atoms with Gasteiger partial charge in [0, 0.05) is 12.7 Å². The van der Waals surface area contributed by atoms with Gasteiger partial charge in [-0.15, -0.1) is 0 Å². The van der Waals surface area contributed by atoms with Crippen molar-refractivity contribution in [3.8, 4) is 0 Å². The van der Waals surface area contributed by atoms with E-state index in [4.69, 9.17) is 0 Å². The SMILES string of the molecule is O=S(=O)(c1ccccc1N1CCc2cncnc2C1)C(F)(F)F. The van der Waals surface area contributed by atoms with E-state index in [0.717, 1.165) is 11.6 Å². The molecule has 2 aromatic rings. The molecule has 0 fully saturated rings. The van der Waals surface area contributed by atoms with Crippen molar-refractivity contribution in [1.29, 1.82) is 0 Å². The van der Waals surface area contributed by atoms with E-state index >= 15 is 0 Å². The van der Waals surface area contributed by atoms with Crippen molar-refractivity contribution in [3.63, 3.8) is 0 Å². The molecule has 0 aliphatic carbocycles. The molecule has 2 heterocycles. The quantitative estimate of drug-likeness (QED) is 0.837. The minimum absolute atomic E-state index is 0.0362. The topological polar surface area (TPSA) is 63.2 Å². The summed E-state index contributed by atoms with van der Waals surface area (Å²) in [5.41, 5.74) is -3.70. The fourth-order valence-electron chi connectivity index (χ4n) is 2.53. The molecule has 1 aromatic heterocycles. The Labute approximate surface area is 130 Å². The van der Waals surface area contributed by atoms with Gasteiger partial charge < -0.3 is 4.90 Å². The van der Waals surface area contributed by atoms with Crippen molar-refractivity contribution in [2.24, 2.45) is 0 Å². The first-order chi connectivity index (χ1) is 10.8. The van der Waals surface area contributed by atoms with Crippen LogP contribution in [0.5, 0.6) is 0 Å². The molecule has 5 nitrogen and oxygen atoms in total. The second-order valence-electron chi connectivity index (χ2n) is 5.08. The van der Waals surface area contributed by atoms with Crippen LogP contribution in [0.2, 0.25) is 0 Å². The fourth-order valence-corrected chi connectivity index (χ4v) is 3.51. The third-order valence-electron chi connectivity index (χ3n) is 3.67. The van der Waals surface area contributed by atoms with Crippen molar-refractivity contribution in [2.75, 3.05) is 11.4 Å². The normalized spacial score (nSPS) is 15.3. The number of hydrogen-bond acceptors (Lipinski definition) is 5. The molecule has 1 aliphatic rings. The van der Waals surface area contributed by atoms with Crippen LogP contribution in [-0.2, 0) is 22.8 Å². The van der Waals surface area contributed by atoms with E-state index in [1.165, 1.54) is 24.5 Å². The molecule has 0 saturated heterocycles. The van der Waals surface area contributed by atoms with Crippen molar-refractivity contribution in [2.45, 2.75) is 23.4 Å². The highest BCUT2D eigenvalue weighted by Gasteiger charge is 2.48. The van der Waals surface area contributed by atoms with E-state index in [0.29, 0.717) is 18.7 Å². The predicted octanol–water partition coefficient (Wildman–Crippen LogP) is 2.33. The number of nitrogens with zero attached hydrogens (tertiary/aromatic N) is 3. The van der Waals surface area contributed by atoms with Gasteiger partial charge in [0.1, 0.15) is 6.33 Å². The van der Waals surface area contributed by atoms with Gasteiger partial charge in [-0.05, 0) is 24.1 Å². The monoisotopic (exact) mass is 343 g/mol. The molecule has 0 amide bonds. The number of benzene rings is 1. The van der Waals surface area contributed by atoms with Gasteiger partial charge in [-0.25, -0.2) is 18.4 Å². The van der Waals surface area contributed by atoms with Crippen molar-refractivity contribution in [1.82, 2.24) is 9.97 Å². The molecule has 9 heteroatoms. The third-order valence-corrected chi connectivity index (χ3v) is 5.21. The largest absolute Gasteiger partial charge is 0.501 e. The molecular formula is C14H12F3N3O2S. The fraction of sp³-hybridized carbons (Fsp3) is 0.286. The zero-order valence-corrected chi connectivity index (χ0v) is 12.6. The van der Waals surface area contributed by atoms with Gasteiger partial charge in [0.2, 0.25) is 0 Å². The van der Waals surface area contributed by atoms with E-state index < -0.39 is 20.2 Å². The van der Waals surface area contributed by atoms with Gasteiger partial charge in [0.25, 0.3) is 9.84 Å². The van der Waals surface area contributed by atoms with Gasteiger partial charge in [-0.2, -0.15) is 13.2 Å². The molecule has 1 aliphatic heterocycles. The van der Waals surface area contributed by atoms with Crippen LogP contribution in [0, 0.1) is 0 Å². The molecule has 0 N–H and O–H groups in total. The molecule has 1 aromatic carbocycles. The molecule has 3 rings (SSSR count). The zero-order chi connectivity index (χ0) is 16.7. The first-order valence-electron chi connectivity index (χ1n) is 6.74. The lowest BCUT2D eigenvalue weighted by molar-refractivity contribution is -0.0435. The molecule has 0 radical (unpaired) electrons. The lowest BCUT2D eigenvalue weighted by atomic mass is 10.1. The first kappa shape index (κ1) is 15.7. The Hall–Kier alpha value is -2.16. The number of anilines is 1. The highest BCUT2D eigenvalue weighted by molar-refractivity contribution is 7.92. The van der Waals surface area contributed by atoms with Crippen LogP contribution in [0.25, 0.3) is 0 Å². The van der Waals surface area contributed by atoms with Crippen LogP contribution in [0.1, 0.15) is 11.3 Å². The number of aromatic nitrogens is 2. The Kier molecular flexibility index (Phi) is 3.75. The summed E-state index contributed by atoms with van der Waals surface area (Å²) in [7, 11) is -5.41. The van der Waals surface area contributed by atoms with Crippen LogP contribution in [0.4, 0.5) is 18.9 Å². The lowest BCUT2D eigenvalue weighted by Gasteiger charge is -2.31. The summed E-state index contributed by atoms with van der Waals surface area (Å²) in [6.45, 7) is 0.632. The zero-order valence-electron chi connectivity index (χ0n) is 11.8. The molecule has 0 bridgehead atoms. The Morgan fingerprint density at radius 2 is 1.91 bits per heavy atom. The number of halogens is 3. The van der Waals surface area contributed by atoms with E-state index in [1.807, 2.05) is 0 Å². The van der Waals surface area contributed by atoms with Crippen LogP contribution < -0.4 is 4.90 Å². The average Bonchev–Trinajstić information content (AvgIpc) is 2.53. The average molecular weight is 343 g/mol. The lowest BCUT2D eigenvalue weighted by Crippen LogP contribution is -2.33. The highest BCUT2D eigenvalue weighted by atomic mass is 32.2. The first-order valence-corrected chi connectivity index (χ1v) is 8.22. The van der Waals surface area contributed by atoms with E-state index in [-0.39, 0.29) is 12.2 Å². The summed E-state index contributed by atoms with van der Waals surface area (Å²) in [4.78, 5) is 8.88. The maximum absolute atomic E-state index is 12.9. The van der Waals surface area contributed by atoms with Gasteiger partial charge >= 0.3 is 5.51 Å². The third kappa shape index (κ3) is 2.76. The number of para-hydroxylation sites is 1. The van der Waals surface area contributed by atoms with Crippen molar-refractivity contribution >= 4 is 15.5 Å². The summed E-state index contributed by atoms with van der Waals surface area (Å²) in [5.74, 6) is 0. The maximum atomic E-state index is 12.9. The van der Waals surface area contributed by atoms with Gasteiger partial charge in [0.05, 0.1) is 22.8 Å². The molecule has 23 heavy (non-hydrogen) atoms. The van der Waals surface area contributed by atoms with Gasteiger partial charge in [-0.1, -0.05) is 12.1 Å². The summed E-state index contributed by atoms with van der Waals surface area (Å²) >= 11 is 0. The van der Waals surface area contributed by atoms with Crippen LogP contribution in [0.3, 0.4) is 0 Å². The number of hydrogen-bond donors (Lipinski definition) is 0. The molecule has 0 unspecified atom stereocenters. The molecule has 0 atom stereocenters. The number of sulfone groups is 1. The molecular weight excluding hydrogens is 331 g/mol. The minimum atomic E-state index is -5.41. The van der Waals surface area contributed by atoms with Crippen LogP contribution >= 0.6 is 0 Å². The number of fused-ring (bicyclic) bond motifs is 1. The van der Waals surface area contributed by atoms with Gasteiger partial charge in [0.15, 0.2) is 0 Å². The number of rotatable bonds is 2. The smallest absolute Gasteiger partial charge is 0.364 e. The number of alkyl halides is 3. The van der Waals surface area contributed by atoms with Crippen molar-refractivity contribution in [3.05, 3.63) is 48.0 Å². The second-order valence-corrected chi connectivity index (χ2v) is 6.99. The maximum Gasteiger partial charge on any atom is 0.501 e. The van der Waals surface area contributed by atoms with Crippen LogP contribution in [0.15, 0.2) is 41.7 Å². The summed E-state index contributed by atoms with van der Waals surface area (Å²) in [6, 6.07) is 5.15. The highest BCUT2D eigenvalue weighted by Crippen LogP contribution is 2.36. The van der Waals surface area contributed by atoms with Gasteiger partial charge in [-0.3, -0.25) is 0 Å². The summed E-state index contributed by atoms with van der Waals surface area (Å²) in [6.07, 6.45) is 3.56. The minimum Gasteiger partial charge on any atom is -0.364 e. The Morgan fingerprint density at radius 1 is 1.17 bits per heavy atom. The molecule has 122 valence electrons.